The molecule has 1 saturated heterocycles. The van der Waals surface area contributed by atoms with Gasteiger partial charge in [-0.1, -0.05) is 31.2 Å². The van der Waals surface area contributed by atoms with Crippen LogP contribution in [0.15, 0.2) is 48.5 Å². The third-order valence-electron chi connectivity index (χ3n) is 7.82. The minimum absolute atomic E-state index is 0.210. The van der Waals surface area contributed by atoms with Gasteiger partial charge in [0.2, 0.25) is 5.88 Å². The number of carbonyl (C=O) groups excluding carboxylic acids is 1. The highest BCUT2D eigenvalue weighted by Gasteiger charge is 2.65. The Morgan fingerprint density at radius 2 is 1.95 bits per heavy atom. The van der Waals surface area contributed by atoms with E-state index < -0.39 is 23.2 Å². The van der Waals surface area contributed by atoms with Crippen LogP contribution in [0.4, 0.5) is 19.4 Å². The Morgan fingerprint density at radius 1 is 1.17 bits per heavy atom. The van der Waals surface area contributed by atoms with Gasteiger partial charge >= 0.3 is 6.03 Å². The number of benzene rings is 2. The number of ether oxygens (including phenoxy) is 1. The van der Waals surface area contributed by atoms with E-state index in [0.29, 0.717) is 43.4 Å². The van der Waals surface area contributed by atoms with E-state index in [4.69, 9.17) is 9.57 Å². The molecule has 11 heteroatoms. The van der Waals surface area contributed by atoms with Gasteiger partial charge in [-0.2, -0.15) is 5.06 Å². The predicted octanol–water partition coefficient (Wildman–Crippen LogP) is 5.07. The van der Waals surface area contributed by atoms with E-state index in [2.05, 4.69) is 20.6 Å². The van der Waals surface area contributed by atoms with Gasteiger partial charge in [-0.15, -0.1) is 5.10 Å². The summed E-state index contributed by atoms with van der Waals surface area (Å²) in [6, 6.07) is 12.8. The third-order valence-corrected chi connectivity index (χ3v) is 7.82. The van der Waals surface area contributed by atoms with E-state index in [1.807, 2.05) is 63.3 Å². The van der Waals surface area contributed by atoms with E-state index in [0.717, 1.165) is 36.7 Å². The van der Waals surface area contributed by atoms with Crippen molar-refractivity contribution >= 4 is 11.8 Å². The number of nitrogens with zero attached hydrogens (tertiary/aromatic N) is 4. The molecule has 2 aromatic carbocycles. The Morgan fingerprint density at radius 3 is 2.66 bits per heavy atom. The number of hydrogen-bond acceptors (Lipinski definition) is 6. The number of aromatic nitrogens is 2. The first-order valence-corrected chi connectivity index (χ1v) is 14.1. The van der Waals surface area contributed by atoms with Gasteiger partial charge in [-0.05, 0) is 76.7 Å². The average Bonchev–Trinajstić information content (AvgIpc) is 3.34. The summed E-state index contributed by atoms with van der Waals surface area (Å²) in [6.45, 7) is 6.55. The molecular formula is C30H38F2N6O3. The second kappa shape index (κ2) is 12.1. The Labute approximate surface area is 239 Å². The molecule has 3 atom stereocenters. The maximum Gasteiger partial charge on any atom is 0.320 e. The lowest BCUT2D eigenvalue weighted by atomic mass is 9.92. The van der Waals surface area contributed by atoms with Crippen molar-refractivity contribution in [2.45, 2.75) is 45.3 Å². The topological polar surface area (TPSA) is 83.9 Å². The molecule has 1 spiro atoms. The van der Waals surface area contributed by atoms with Gasteiger partial charge in [0.1, 0.15) is 11.9 Å². The lowest BCUT2D eigenvalue weighted by molar-refractivity contribution is -0.146. The van der Waals surface area contributed by atoms with Crippen LogP contribution in [0.2, 0.25) is 0 Å². The lowest BCUT2D eigenvalue weighted by Gasteiger charge is -2.19. The summed E-state index contributed by atoms with van der Waals surface area (Å²) >= 11 is 0. The van der Waals surface area contributed by atoms with Crippen molar-refractivity contribution < 1.29 is 23.1 Å². The molecule has 2 heterocycles. The highest BCUT2D eigenvalue weighted by atomic mass is 19.2. The van der Waals surface area contributed by atoms with Crippen molar-refractivity contribution in [3.05, 3.63) is 71.3 Å². The van der Waals surface area contributed by atoms with Crippen molar-refractivity contribution in [1.82, 2.24) is 25.1 Å². The van der Waals surface area contributed by atoms with E-state index in [9.17, 15) is 13.6 Å². The molecule has 9 nitrogen and oxygen atoms in total. The number of nitrogens with one attached hydrogen (secondary N) is 2. The number of hydroxylamine groups is 2. The van der Waals surface area contributed by atoms with E-state index in [1.165, 1.54) is 6.07 Å². The number of urea groups is 1. The fourth-order valence-electron chi connectivity index (χ4n) is 5.45. The zero-order chi connectivity index (χ0) is 29.1. The van der Waals surface area contributed by atoms with Crippen LogP contribution in [-0.4, -0.2) is 72.2 Å². The summed E-state index contributed by atoms with van der Waals surface area (Å²) < 4.78 is 35.4. The van der Waals surface area contributed by atoms with Crippen LogP contribution in [-0.2, 0) is 4.84 Å². The van der Waals surface area contributed by atoms with Gasteiger partial charge in [-0.3, -0.25) is 10.2 Å². The van der Waals surface area contributed by atoms with Crippen LogP contribution in [0.1, 0.15) is 43.4 Å². The normalized spacial score (nSPS) is 21.9. The average molecular weight is 569 g/mol. The van der Waals surface area contributed by atoms with Crippen LogP contribution in [0, 0.1) is 24.0 Å². The second-order valence-corrected chi connectivity index (χ2v) is 11.1. The van der Waals surface area contributed by atoms with Crippen molar-refractivity contribution in [2.24, 2.45) is 5.41 Å². The fraction of sp³-hybridized carbons (Fsp3) is 0.467. The molecule has 3 aromatic rings. The molecule has 2 amide bonds. The Bertz CT molecular complexity index is 1370. The summed E-state index contributed by atoms with van der Waals surface area (Å²) in [7, 11) is 4.09. The molecule has 2 fully saturated rings. The van der Waals surface area contributed by atoms with Crippen LogP contribution in [0.5, 0.6) is 5.88 Å². The van der Waals surface area contributed by atoms with E-state index in [-0.39, 0.29) is 12.1 Å². The molecule has 0 bridgehead atoms. The van der Waals surface area contributed by atoms with Gasteiger partial charge in [0.05, 0.1) is 17.9 Å². The monoisotopic (exact) mass is 568 g/mol. The first-order valence-electron chi connectivity index (χ1n) is 14.1. The molecule has 220 valence electrons. The Kier molecular flexibility index (Phi) is 8.58. The summed E-state index contributed by atoms with van der Waals surface area (Å²) in [5.74, 6) is -0.834. The standard InChI is InChI=1S/C30H38F2N6O3/c1-5-37-19-30(26(41-37)21-13-14-23(31)24(32)17-21)18-25(30)33-29(39)34-27-20(2)28(40-16-10-9-15-36(3)4)35-38(27)22-11-7-6-8-12-22/h6-8,11-14,17,25-26H,5,9-10,15-16,18-19H2,1-4H3,(H2,33,34,39)/t25-,26?,30-/m1/s1. The Hall–Kier alpha value is -3.54. The van der Waals surface area contributed by atoms with Gasteiger partial charge < -0.3 is 15.0 Å². The van der Waals surface area contributed by atoms with Crippen molar-refractivity contribution in [3.8, 4) is 11.6 Å². The molecule has 1 unspecified atom stereocenters. The number of anilines is 1. The molecule has 2 aliphatic rings. The fourth-order valence-corrected chi connectivity index (χ4v) is 5.45. The largest absolute Gasteiger partial charge is 0.476 e. The SMILES string of the molecule is CCN1C[C@@]2(C[C@H]2NC(=O)Nc2c(C)c(OCCCCN(C)C)nn2-c2ccccc2)C(c2ccc(F)c(F)c2)O1. The van der Waals surface area contributed by atoms with Gasteiger partial charge in [-0.25, -0.2) is 18.3 Å². The van der Waals surface area contributed by atoms with Crippen molar-refractivity contribution in [2.75, 3.05) is 45.7 Å². The Balaban J connectivity index is 1.30. The molecule has 2 N–H and O–H groups in total. The van der Waals surface area contributed by atoms with Crippen LogP contribution >= 0.6 is 0 Å². The molecule has 1 aliphatic heterocycles. The lowest BCUT2D eigenvalue weighted by Crippen LogP contribution is -2.36. The van der Waals surface area contributed by atoms with Crippen LogP contribution in [0.25, 0.3) is 5.69 Å². The van der Waals surface area contributed by atoms with E-state index in [1.54, 1.807) is 10.7 Å². The number of halogens is 2. The maximum atomic E-state index is 14.1. The summed E-state index contributed by atoms with van der Waals surface area (Å²) in [5, 5.41) is 12.5. The number of rotatable bonds is 11. The highest BCUT2D eigenvalue weighted by molar-refractivity contribution is 5.90. The quantitative estimate of drug-likeness (QED) is 0.315. The molecule has 5 rings (SSSR count). The minimum atomic E-state index is -0.917. The minimum Gasteiger partial charge on any atom is -0.476 e. The third kappa shape index (κ3) is 6.22. The van der Waals surface area contributed by atoms with Gasteiger partial charge in [0.25, 0.3) is 0 Å². The molecule has 1 aromatic heterocycles. The number of para-hydroxylation sites is 1. The number of carbonyl (C=O) groups is 1. The number of unbranched alkanes of at least 4 members (excludes halogenated alkanes) is 1. The summed E-state index contributed by atoms with van der Waals surface area (Å²) in [5.41, 5.74) is 1.63. The highest BCUT2D eigenvalue weighted by Crippen LogP contribution is 2.60. The smallest absolute Gasteiger partial charge is 0.320 e. The summed E-state index contributed by atoms with van der Waals surface area (Å²) in [6.07, 6.45) is 2.05. The first kappa shape index (κ1) is 29.0. The van der Waals surface area contributed by atoms with Crippen molar-refractivity contribution in [3.63, 3.8) is 0 Å². The van der Waals surface area contributed by atoms with Crippen LogP contribution < -0.4 is 15.4 Å². The number of amides is 2. The zero-order valence-corrected chi connectivity index (χ0v) is 24.0. The van der Waals surface area contributed by atoms with Crippen molar-refractivity contribution in [1.29, 1.82) is 0 Å². The molecule has 1 saturated carbocycles. The van der Waals surface area contributed by atoms with Crippen LogP contribution in [0.3, 0.4) is 0 Å². The zero-order valence-electron chi connectivity index (χ0n) is 24.0. The first-order chi connectivity index (χ1) is 19.7. The molecule has 1 aliphatic carbocycles. The maximum absolute atomic E-state index is 14.1. The second-order valence-electron chi connectivity index (χ2n) is 11.1. The molecular weight excluding hydrogens is 530 g/mol. The van der Waals surface area contributed by atoms with E-state index >= 15 is 0 Å². The van der Waals surface area contributed by atoms with Gasteiger partial charge in [0, 0.05) is 24.5 Å². The number of hydrogen-bond donors (Lipinski definition) is 2. The summed E-state index contributed by atoms with van der Waals surface area (Å²) in [4.78, 5) is 21.6. The molecule has 0 radical (unpaired) electrons. The predicted molar refractivity (Wildman–Crippen MR) is 152 cm³/mol. The molecule has 41 heavy (non-hydrogen) atoms. The van der Waals surface area contributed by atoms with Gasteiger partial charge in [0.15, 0.2) is 11.6 Å².